The van der Waals surface area contributed by atoms with Crippen molar-refractivity contribution in [2.45, 2.75) is 25.7 Å². The van der Waals surface area contributed by atoms with E-state index in [9.17, 15) is 13.6 Å². The van der Waals surface area contributed by atoms with Crippen LogP contribution in [0.4, 0.5) is 8.78 Å². The molecule has 0 saturated carbocycles. The molecule has 0 radical (unpaired) electrons. The van der Waals surface area contributed by atoms with E-state index in [0.717, 1.165) is 42.7 Å². The Morgan fingerprint density at radius 3 is 2.59 bits per heavy atom. The summed E-state index contributed by atoms with van der Waals surface area (Å²) in [5.74, 6) is -0.592. The zero-order valence-electron chi connectivity index (χ0n) is 16.0. The van der Waals surface area contributed by atoms with Crippen LogP contribution in [0.2, 0.25) is 0 Å². The van der Waals surface area contributed by atoms with E-state index in [-0.39, 0.29) is 5.56 Å². The Hall–Kier alpha value is -3.29. The van der Waals surface area contributed by atoms with E-state index in [2.05, 4.69) is 15.5 Å². The second-order valence-corrected chi connectivity index (χ2v) is 6.44. The van der Waals surface area contributed by atoms with Gasteiger partial charge in [-0.25, -0.2) is 8.78 Å². The lowest BCUT2D eigenvalue weighted by atomic mass is 10.1. The molecule has 0 saturated heterocycles. The molecule has 1 aromatic heterocycles. The number of benzene rings is 2. The van der Waals surface area contributed by atoms with Crippen molar-refractivity contribution >= 4 is 5.91 Å². The zero-order chi connectivity index (χ0) is 20.6. The van der Waals surface area contributed by atoms with Crippen molar-refractivity contribution in [2.75, 3.05) is 13.7 Å². The van der Waals surface area contributed by atoms with Crippen molar-refractivity contribution in [1.82, 2.24) is 15.5 Å². The summed E-state index contributed by atoms with van der Waals surface area (Å²) in [6.07, 6.45) is 3.05. The van der Waals surface area contributed by atoms with Gasteiger partial charge in [0.15, 0.2) is 11.6 Å². The van der Waals surface area contributed by atoms with Crippen LogP contribution in [-0.2, 0) is 6.42 Å². The number of amides is 1. The topological polar surface area (TPSA) is 77.3 Å². The van der Waals surface area contributed by atoms with Crippen molar-refractivity contribution in [1.29, 1.82) is 0 Å². The van der Waals surface area contributed by atoms with Crippen LogP contribution >= 0.6 is 0 Å². The van der Waals surface area contributed by atoms with Gasteiger partial charge in [-0.2, -0.15) is 4.98 Å². The molecule has 29 heavy (non-hydrogen) atoms. The van der Waals surface area contributed by atoms with Gasteiger partial charge in [-0.1, -0.05) is 11.6 Å². The molecule has 0 aliphatic carbocycles. The third-order valence-corrected chi connectivity index (χ3v) is 4.35. The second-order valence-electron chi connectivity index (χ2n) is 6.44. The number of carbonyl (C=O) groups is 1. The van der Waals surface area contributed by atoms with Crippen molar-refractivity contribution in [3.05, 3.63) is 65.6 Å². The number of halogens is 2. The molecule has 3 rings (SSSR count). The van der Waals surface area contributed by atoms with Gasteiger partial charge in [0.1, 0.15) is 5.75 Å². The van der Waals surface area contributed by atoms with Crippen LogP contribution in [0, 0.1) is 11.6 Å². The van der Waals surface area contributed by atoms with Gasteiger partial charge in [0.2, 0.25) is 11.7 Å². The van der Waals surface area contributed by atoms with Gasteiger partial charge in [0.05, 0.1) is 7.11 Å². The Kier molecular flexibility index (Phi) is 6.89. The largest absolute Gasteiger partial charge is 0.497 e. The average Bonchev–Trinajstić information content (AvgIpc) is 3.21. The average molecular weight is 401 g/mol. The zero-order valence-corrected chi connectivity index (χ0v) is 16.0. The summed E-state index contributed by atoms with van der Waals surface area (Å²) in [5.41, 5.74) is 0.946. The number of ether oxygens (including phenoxy) is 1. The number of hydrogen-bond acceptors (Lipinski definition) is 5. The highest BCUT2D eigenvalue weighted by Gasteiger charge is 2.10. The molecule has 6 nitrogen and oxygen atoms in total. The molecule has 8 heteroatoms. The fourth-order valence-corrected chi connectivity index (χ4v) is 2.73. The molecule has 0 atom stereocenters. The third kappa shape index (κ3) is 5.60. The number of nitrogens with one attached hydrogen (secondary N) is 1. The predicted octanol–water partition coefficient (Wildman–Crippen LogP) is 4.17. The first kappa shape index (κ1) is 20.4. The van der Waals surface area contributed by atoms with Crippen LogP contribution < -0.4 is 10.1 Å². The summed E-state index contributed by atoms with van der Waals surface area (Å²) < 4.78 is 36.4. The normalized spacial score (nSPS) is 10.7. The quantitative estimate of drug-likeness (QED) is 0.545. The molecule has 0 aliphatic heterocycles. The number of aryl methyl sites for hydroxylation is 1. The van der Waals surface area contributed by atoms with Crippen molar-refractivity contribution in [2.24, 2.45) is 0 Å². The Labute approximate surface area is 166 Å². The van der Waals surface area contributed by atoms with Gasteiger partial charge in [0.25, 0.3) is 5.91 Å². The van der Waals surface area contributed by atoms with Gasteiger partial charge in [-0.3, -0.25) is 4.79 Å². The SMILES string of the molecule is COc1ccc(-c2noc(CCCCCNC(=O)c3ccc(F)c(F)c3)n2)cc1. The maximum Gasteiger partial charge on any atom is 0.251 e. The number of unbranched alkanes of at least 4 members (excludes halogenated alkanes) is 2. The first-order valence-electron chi connectivity index (χ1n) is 9.27. The van der Waals surface area contributed by atoms with Crippen molar-refractivity contribution < 1.29 is 22.8 Å². The lowest BCUT2D eigenvalue weighted by Gasteiger charge is -2.05. The summed E-state index contributed by atoms with van der Waals surface area (Å²) in [6.45, 7) is 0.443. The Morgan fingerprint density at radius 1 is 1.07 bits per heavy atom. The molecule has 0 spiro atoms. The molecular weight excluding hydrogens is 380 g/mol. The number of carbonyl (C=O) groups excluding carboxylic acids is 1. The first-order chi connectivity index (χ1) is 14.1. The maximum atomic E-state index is 13.2. The number of nitrogens with zero attached hydrogens (tertiary/aromatic N) is 2. The molecule has 1 heterocycles. The minimum Gasteiger partial charge on any atom is -0.497 e. The van der Waals surface area contributed by atoms with Crippen LogP contribution in [0.3, 0.4) is 0 Å². The molecule has 3 aromatic rings. The van der Waals surface area contributed by atoms with Crippen LogP contribution in [0.15, 0.2) is 47.0 Å². The monoisotopic (exact) mass is 401 g/mol. The summed E-state index contributed by atoms with van der Waals surface area (Å²) in [5, 5.41) is 6.68. The Balaban J connectivity index is 1.37. The fourth-order valence-electron chi connectivity index (χ4n) is 2.73. The molecule has 1 N–H and O–H groups in total. The lowest BCUT2D eigenvalue weighted by molar-refractivity contribution is 0.0952. The number of rotatable bonds is 9. The van der Waals surface area contributed by atoms with Crippen LogP contribution in [0.25, 0.3) is 11.4 Å². The van der Waals surface area contributed by atoms with E-state index in [0.29, 0.717) is 24.7 Å². The molecule has 0 bridgehead atoms. The summed E-state index contributed by atoms with van der Waals surface area (Å²) >= 11 is 0. The van der Waals surface area contributed by atoms with Gasteiger partial charge < -0.3 is 14.6 Å². The standard InChI is InChI=1S/C21H21F2N3O3/c1-28-16-9-6-14(7-10-16)20-25-19(29-26-20)5-3-2-4-12-24-21(27)15-8-11-17(22)18(23)13-15/h6-11,13H,2-5,12H2,1H3,(H,24,27). The highest BCUT2D eigenvalue weighted by molar-refractivity contribution is 5.94. The predicted molar refractivity (Wildman–Crippen MR) is 103 cm³/mol. The van der Waals surface area contributed by atoms with Crippen LogP contribution in [0.1, 0.15) is 35.5 Å². The number of hydrogen-bond donors (Lipinski definition) is 1. The molecule has 0 unspecified atom stereocenters. The number of aromatic nitrogens is 2. The summed E-state index contributed by atoms with van der Waals surface area (Å²) in [7, 11) is 1.61. The van der Waals surface area contributed by atoms with E-state index in [1.807, 2.05) is 24.3 Å². The van der Waals surface area contributed by atoms with Crippen molar-refractivity contribution in [3.63, 3.8) is 0 Å². The lowest BCUT2D eigenvalue weighted by Crippen LogP contribution is -2.24. The van der Waals surface area contributed by atoms with E-state index in [1.54, 1.807) is 7.11 Å². The van der Waals surface area contributed by atoms with E-state index >= 15 is 0 Å². The van der Waals surface area contributed by atoms with E-state index in [4.69, 9.17) is 9.26 Å². The molecule has 1 amide bonds. The first-order valence-corrected chi connectivity index (χ1v) is 9.27. The highest BCUT2D eigenvalue weighted by Crippen LogP contribution is 2.20. The minimum atomic E-state index is -1.04. The van der Waals surface area contributed by atoms with E-state index in [1.165, 1.54) is 6.07 Å². The Bertz CT molecular complexity index is 958. The number of methoxy groups -OCH3 is 1. The van der Waals surface area contributed by atoms with Crippen molar-refractivity contribution in [3.8, 4) is 17.1 Å². The molecular formula is C21H21F2N3O3. The van der Waals surface area contributed by atoms with Gasteiger partial charge in [-0.15, -0.1) is 0 Å². The molecule has 152 valence electrons. The van der Waals surface area contributed by atoms with Gasteiger partial charge in [-0.05, 0) is 55.3 Å². The van der Waals surface area contributed by atoms with E-state index < -0.39 is 17.5 Å². The molecule has 0 aliphatic rings. The Morgan fingerprint density at radius 2 is 1.86 bits per heavy atom. The maximum absolute atomic E-state index is 13.2. The fraction of sp³-hybridized carbons (Fsp3) is 0.286. The molecule has 0 fully saturated rings. The van der Waals surface area contributed by atoms with Gasteiger partial charge in [0, 0.05) is 24.1 Å². The highest BCUT2D eigenvalue weighted by atomic mass is 19.2. The second kappa shape index (κ2) is 9.77. The van der Waals surface area contributed by atoms with Crippen LogP contribution in [0.5, 0.6) is 5.75 Å². The summed E-state index contributed by atoms with van der Waals surface area (Å²) in [4.78, 5) is 16.3. The minimum absolute atomic E-state index is 0.0980. The van der Waals surface area contributed by atoms with Gasteiger partial charge >= 0.3 is 0 Å². The summed E-state index contributed by atoms with van der Waals surface area (Å²) in [6, 6.07) is 10.5. The van der Waals surface area contributed by atoms with Crippen LogP contribution in [-0.4, -0.2) is 29.7 Å². The third-order valence-electron chi connectivity index (χ3n) is 4.35. The molecule has 2 aromatic carbocycles. The smallest absolute Gasteiger partial charge is 0.251 e.